The average molecular weight is 151 g/mol. The third kappa shape index (κ3) is 0.790. The molecule has 0 bridgehead atoms. The fourth-order valence-electron chi connectivity index (χ4n) is 0.983. The molecular weight excluding hydrogens is 145 g/mol. The van der Waals surface area contributed by atoms with Crippen LogP contribution >= 0.6 is 0 Å². The first-order valence-corrected chi connectivity index (χ1v) is 3.24. The molecule has 0 aliphatic carbocycles. The van der Waals surface area contributed by atoms with Crippen molar-refractivity contribution in [2.24, 2.45) is 0 Å². The van der Waals surface area contributed by atoms with Gasteiger partial charge < -0.3 is 0 Å². The largest absolute Gasteiger partial charge is 0.234 e. The van der Waals surface area contributed by atoms with Crippen LogP contribution in [0.1, 0.15) is 5.69 Å². The zero-order chi connectivity index (χ0) is 7.84. The first kappa shape index (κ1) is 6.27. The van der Waals surface area contributed by atoms with Crippen LogP contribution in [0.5, 0.6) is 0 Å². The summed E-state index contributed by atoms with van der Waals surface area (Å²) in [6.45, 7) is 1.85. The Morgan fingerprint density at radius 1 is 1.55 bits per heavy atom. The van der Waals surface area contributed by atoms with E-state index in [2.05, 4.69) is 10.1 Å². The van der Waals surface area contributed by atoms with E-state index in [0.717, 1.165) is 11.9 Å². The second-order valence-corrected chi connectivity index (χ2v) is 2.31. The van der Waals surface area contributed by atoms with Gasteiger partial charge in [0.2, 0.25) is 0 Å². The maximum absolute atomic E-state index is 12.8. The van der Waals surface area contributed by atoms with E-state index in [4.69, 9.17) is 0 Å². The molecule has 0 unspecified atom stereocenters. The fourth-order valence-corrected chi connectivity index (χ4v) is 0.983. The summed E-state index contributed by atoms with van der Waals surface area (Å²) in [6, 6.07) is 1.78. The Morgan fingerprint density at radius 2 is 2.36 bits per heavy atom. The van der Waals surface area contributed by atoms with Crippen LogP contribution in [0.25, 0.3) is 5.65 Å². The first-order chi connectivity index (χ1) is 5.29. The van der Waals surface area contributed by atoms with Crippen LogP contribution in [0.2, 0.25) is 0 Å². The number of aromatic nitrogens is 3. The summed E-state index contributed by atoms with van der Waals surface area (Å²) < 4.78 is 14.2. The Hall–Kier alpha value is -1.45. The van der Waals surface area contributed by atoms with Crippen LogP contribution in [0.3, 0.4) is 0 Å². The number of hydrogen-bond donors (Lipinski definition) is 0. The summed E-state index contributed by atoms with van der Waals surface area (Å²) in [4.78, 5) is 3.83. The SMILES string of the molecule is Cc1ccnc2c(F)cnn12. The molecule has 11 heavy (non-hydrogen) atoms. The number of halogens is 1. The molecule has 2 aromatic heterocycles. The second kappa shape index (κ2) is 2.02. The van der Waals surface area contributed by atoms with Gasteiger partial charge in [-0.05, 0) is 13.0 Å². The number of aryl methyl sites for hydroxylation is 1. The summed E-state index contributed by atoms with van der Waals surface area (Å²) in [7, 11) is 0. The Balaban J connectivity index is 2.94. The first-order valence-electron chi connectivity index (χ1n) is 3.24. The van der Waals surface area contributed by atoms with Crippen LogP contribution in [-0.4, -0.2) is 14.6 Å². The van der Waals surface area contributed by atoms with Crippen LogP contribution in [-0.2, 0) is 0 Å². The van der Waals surface area contributed by atoms with Gasteiger partial charge in [-0.1, -0.05) is 0 Å². The standard InChI is InChI=1S/C7H6FN3/c1-5-2-3-9-7-6(8)4-10-11(5)7/h2-4H,1H3. The molecule has 0 radical (unpaired) electrons. The number of hydrogen-bond acceptors (Lipinski definition) is 2. The molecule has 0 aliphatic rings. The zero-order valence-electron chi connectivity index (χ0n) is 5.95. The lowest BCUT2D eigenvalue weighted by molar-refractivity contribution is 0.635. The maximum Gasteiger partial charge on any atom is 0.191 e. The summed E-state index contributed by atoms with van der Waals surface area (Å²) in [5.41, 5.74) is 1.16. The molecule has 0 fully saturated rings. The van der Waals surface area contributed by atoms with E-state index in [0.29, 0.717) is 0 Å². The van der Waals surface area contributed by atoms with Gasteiger partial charge in [0.15, 0.2) is 11.5 Å². The zero-order valence-corrected chi connectivity index (χ0v) is 5.95. The van der Waals surface area contributed by atoms with Crippen molar-refractivity contribution >= 4 is 5.65 Å². The van der Waals surface area contributed by atoms with E-state index in [1.807, 2.05) is 6.92 Å². The van der Waals surface area contributed by atoms with Gasteiger partial charge in [0.1, 0.15) is 0 Å². The molecule has 4 heteroatoms. The van der Waals surface area contributed by atoms with Gasteiger partial charge in [-0.3, -0.25) is 0 Å². The molecule has 0 amide bonds. The van der Waals surface area contributed by atoms with E-state index in [1.54, 1.807) is 12.3 Å². The summed E-state index contributed by atoms with van der Waals surface area (Å²) in [5.74, 6) is -0.381. The maximum atomic E-state index is 12.8. The van der Waals surface area contributed by atoms with Crippen molar-refractivity contribution in [2.45, 2.75) is 6.92 Å². The van der Waals surface area contributed by atoms with Crippen molar-refractivity contribution in [3.63, 3.8) is 0 Å². The van der Waals surface area contributed by atoms with Gasteiger partial charge >= 0.3 is 0 Å². The van der Waals surface area contributed by atoms with Gasteiger partial charge in [0.25, 0.3) is 0 Å². The molecular formula is C7H6FN3. The number of rotatable bonds is 0. The van der Waals surface area contributed by atoms with Crippen LogP contribution in [0, 0.1) is 12.7 Å². The van der Waals surface area contributed by atoms with Gasteiger partial charge in [0, 0.05) is 11.9 Å². The Kier molecular flexibility index (Phi) is 1.15. The molecule has 0 saturated heterocycles. The molecule has 2 aromatic rings. The smallest absolute Gasteiger partial charge is 0.191 e. The van der Waals surface area contributed by atoms with Crippen molar-refractivity contribution < 1.29 is 4.39 Å². The highest BCUT2D eigenvalue weighted by atomic mass is 19.1. The van der Waals surface area contributed by atoms with E-state index in [9.17, 15) is 4.39 Å². The molecule has 0 atom stereocenters. The van der Waals surface area contributed by atoms with E-state index < -0.39 is 0 Å². The molecule has 0 N–H and O–H groups in total. The van der Waals surface area contributed by atoms with Crippen molar-refractivity contribution in [1.82, 2.24) is 14.6 Å². The lowest BCUT2D eigenvalue weighted by Gasteiger charge is -1.94. The minimum atomic E-state index is -0.381. The Morgan fingerprint density at radius 3 is 3.09 bits per heavy atom. The predicted octanol–water partition coefficient (Wildman–Crippen LogP) is 1.18. The highest BCUT2D eigenvalue weighted by molar-refractivity contribution is 5.38. The van der Waals surface area contributed by atoms with Gasteiger partial charge in [-0.2, -0.15) is 5.10 Å². The Labute approximate surface area is 62.5 Å². The predicted molar refractivity (Wildman–Crippen MR) is 37.7 cm³/mol. The molecule has 3 nitrogen and oxygen atoms in total. The third-order valence-corrected chi connectivity index (χ3v) is 1.55. The van der Waals surface area contributed by atoms with Crippen LogP contribution < -0.4 is 0 Å². The minimum Gasteiger partial charge on any atom is -0.234 e. The Bertz CT molecular complexity index is 393. The molecule has 56 valence electrons. The van der Waals surface area contributed by atoms with Gasteiger partial charge in [-0.25, -0.2) is 13.9 Å². The molecule has 0 spiro atoms. The normalized spacial score (nSPS) is 10.7. The quantitative estimate of drug-likeness (QED) is 0.565. The van der Waals surface area contributed by atoms with E-state index in [-0.39, 0.29) is 11.5 Å². The highest BCUT2D eigenvalue weighted by Crippen LogP contribution is 2.06. The van der Waals surface area contributed by atoms with Crippen LogP contribution in [0.15, 0.2) is 18.5 Å². The molecule has 2 heterocycles. The second-order valence-electron chi connectivity index (χ2n) is 2.31. The number of fused-ring (bicyclic) bond motifs is 1. The lowest BCUT2D eigenvalue weighted by atomic mass is 10.4. The fraction of sp³-hybridized carbons (Fsp3) is 0.143. The van der Waals surface area contributed by atoms with Crippen molar-refractivity contribution in [1.29, 1.82) is 0 Å². The van der Waals surface area contributed by atoms with Crippen molar-refractivity contribution in [2.75, 3.05) is 0 Å². The van der Waals surface area contributed by atoms with Crippen molar-refractivity contribution in [3.8, 4) is 0 Å². The monoisotopic (exact) mass is 151 g/mol. The summed E-state index contributed by atoms with van der Waals surface area (Å²) in [5, 5.41) is 3.80. The molecule has 0 aromatic carbocycles. The lowest BCUT2D eigenvalue weighted by Crippen LogP contribution is -1.94. The van der Waals surface area contributed by atoms with E-state index >= 15 is 0 Å². The van der Waals surface area contributed by atoms with Crippen molar-refractivity contribution in [3.05, 3.63) is 30.0 Å². The third-order valence-electron chi connectivity index (χ3n) is 1.55. The topological polar surface area (TPSA) is 30.2 Å². The average Bonchev–Trinajstić information content (AvgIpc) is 2.35. The number of nitrogens with zero attached hydrogens (tertiary/aromatic N) is 3. The molecule has 0 saturated carbocycles. The van der Waals surface area contributed by atoms with E-state index in [1.165, 1.54) is 4.52 Å². The van der Waals surface area contributed by atoms with Crippen LogP contribution in [0.4, 0.5) is 4.39 Å². The highest BCUT2D eigenvalue weighted by Gasteiger charge is 2.03. The van der Waals surface area contributed by atoms with Gasteiger partial charge in [-0.15, -0.1) is 0 Å². The molecule has 2 rings (SSSR count). The van der Waals surface area contributed by atoms with Gasteiger partial charge in [0.05, 0.1) is 6.20 Å². The summed E-state index contributed by atoms with van der Waals surface area (Å²) in [6.07, 6.45) is 2.73. The molecule has 0 aliphatic heterocycles. The summed E-state index contributed by atoms with van der Waals surface area (Å²) >= 11 is 0. The minimum absolute atomic E-state index is 0.282.